The van der Waals surface area contributed by atoms with Crippen molar-refractivity contribution in [2.45, 2.75) is 19.5 Å². The lowest BCUT2D eigenvalue weighted by atomic mass is 10.2. The Morgan fingerprint density at radius 1 is 1.03 bits per heavy atom. The summed E-state index contributed by atoms with van der Waals surface area (Å²) in [5.74, 6) is 1.74. The Morgan fingerprint density at radius 3 is 2.17 bits per heavy atom. The molecule has 0 spiro atoms. The number of quaternary nitrogens is 1. The molecular weight excluding hydrogens is 382 g/mol. The van der Waals surface area contributed by atoms with Crippen molar-refractivity contribution in [2.75, 3.05) is 52.8 Å². The summed E-state index contributed by atoms with van der Waals surface area (Å²) in [6, 6.07) is 13.8. The molecule has 3 rings (SSSR count). The van der Waals surface area contributed by atoms with Gasteiger partial charge in [-0.15, -0.1) is 0 Å². The van der Waals surface area contributed by atoms with Crippen LogP contribution >= 0.6 is 0 Å². The van der Waals surface area contributed by atoms with Crippen LogP contribution in [0, 0.1) is 0 Å². The SMILES string of the molecule is COc1cc(N[C@@H](C)C(=O)N2CC[NH+](Cc3ccccc3)CC2)cc(OC)c1OC. The van der Waals surface area contributed by atoms with Gasteiger partial charge in [-0.25, -0.2) is 0 Å². The number of amides is 1. The van der Waals surface area contributed by atoms with E-state index in [9.17, 15) is 4.79 Å². The molecule has 0 bridgehead atoms. The molecule has 0 aliphatic carbocycles. The Morgan fingerprint density at radius 2 is 1.63 bits per heavy atom. The molecular formula is C23H32N3O4+. The number of benzene rings is 2. The lowest BCUT2D eigenvalue weighted by molar-refractivity contribution is -0.917. The van der Waals surface area contributed by atoms with Crippen LogP contribution in [0.4, 0.5) is 5.69 Å². The average molecular weight is 415 g/mol. The van der Waals surface area contributed by atoms with Crippen LogP contribution in [0.15, 0.2) is 42.5 Å². The first-order chi connectivity index (χ1) is 14.5. The Balaban J connectivity index is 1.57. The molecule has 1 atom stereocenters. The fourth-order valence-electron chi connectivity index (χ4n) is 3.85. The van der Waals surface area contributed by atoms with Gasteiger partial charge in [0.15, 0.2) is 11.5 Å². The van der Waals surface area contributed by atoms with E-state index in [4.69, 9.17) is 14.2 Å². The Bertz CT molecular complexity index is 811. The molecule has 2 aromatic rings. The molecule has 0 saturated carbocycles. The number of anilines is 1. The molecule has 1 saturated heterocycles. The summed E-state index contributed by atoms with van der Waals surface area (Å²) in [7, 11) is 4.72. The van der Waals surface area contributed by atoms with Crippen LogP contribution in [0.5, 0.6) is 17.2 Å². The number of ether oxygens (including phenoxy) is 3. The normalized spacial score (nSPS) is 15.4. The lowest BCUT2D eigenvalue weighted by Crippen LogP contribution is -3.13. The third kappa shape index (κ3) is 5.16. The number of piperazine rings is 1. The van der Waals surface area contributed by atoms with Crippen LogP contribution in [0.1, 0.15) is 12.5 Å². The minimum atomic E-state index is -0.358. The van der Waals surface area contributed by atoms with Crippen molar-refractivity contribution < 1.29 is 23.9 Å². The molecule has 2 aromatic carbocycles. The highest BCUT2D eigenvalue weighted by molar-refractivity contribution is 5.84. The van der Waals surface area contributed by atoms with Gasteiger partial charge in [-0.1, -0.05) is 30.3 Å². The second-order valence-corrected chi connectivity index (χ2v) is 7.52. The van der Waals surface area contributed by atoms with Gasteiger partial charge in [-0.2, -0.15) is 0 Å². The summed E-state index contributed by atoms with van der Waals surface area (Å²) in [6.45, 7) is 6.33. The maximum Gasteiger partial charge on any atom is 0.245 e. The summed E-state index contributed by atoms with van der Waals surface area (Å²) < 4.78 is 16.1. The highest BCUT2D eigenvalue weighted by atomic mass is 16.5. The van der Waals surface area contributed by atoms with Gasteiger partial charge in [0.25, 0.3) is 0 Å². The standard InChI is InChI=1S/C23H31N3O4/c1-17(24-19-14-20(28-2)22(30-4)21(15-19)29-3)23(27)26-12-10-25(11-13-26)16-18-8-6-5-7-9-18/h5-9,14-15,17,24H,10-13,16H2,1-4H3/p+1/t17-/m0/s1. The maximum atomic E-state index is 13.0. The van der Waals surface area contributed by atoms with Gasteiger partial charge in [0.2, 0.25) is 11.7 Å². The second kappa shape index (κ2) is 10.2. The summed E-state index contributed by atoms with van der Waals surface area (Å²) in [5, 5.41) is 3.28. The molecule has 1 aliphatic heterocycles. The minimum absolute atomic E-state index is 0.0995. The molecule has 1 amide bonds. The molecule has 7 nitrogen and oxygen atoms in total. The van der Waals surface area contributed by atoms with Crippen molar-refractivity contribution in [1.29, 1.82) is 0 Å². The number of carbonyl (C=O) groups excluding carboxylic acids is 1. The van der Waals surface area contributed by atoms with Crippen LogP contribution in [0.2, 0.25) is 0 Å². The molecule has 0 unspecified atom stereocenters. The van der Waals surface area contributed by atoms with Crippen molar-refractivity contribution >= 4 is 11.6 Å². The highest BCUT2D eigenvalue weighted by Crippen LogP contribution is 2.40. The first-order valence-electron chi connectivity index (χ1n) is 10.3. The molecule has 7 heteroatoms. The van der Waals surface area contributed by atoms with Gasteiger partial charge in [0, 0.05) is 23.4 Å². The van der Waals surface area contributed by atoms with Crippen LogP contribution in [0.25, 0.3) is 0 Å². The zero-order valence-electron chi connectivity index (χ0n) is 18.2. The van der Waals surface area contributed by atoms with Gasteiger partial charge in [0.1, 0.15) is 12.6 Å². The predicted molar refractivity (Wildman–Crippen MR) is 117 cm³/mol. The van der Waals surface area contributed by atoms with E-state index in [-0.39, 0.29) is 11.9 Å². The van der Waals surface area contributed by atoms with E-state index in [1.54, 1.807) is 21.3 Å². The lowest BCUT2D eigenvalue weighted by Gasteiger charge is -2.34. The quantitative estimate of drug-likeness (QED) is 0.685. The molecule has 30 heavy (non-hydrogen) atoms. The number of methoxy groups -OCH3 is 3. The van der Waals surface area contributed by atoms with Crippen LogP contribution in [0.3, 0.4) is 0 Å². The van der Waals surface area contributed by atoms with Crippen molar-refractivity contribution in [1.82, 2.24) is 4.90 Å². The van der Waals surface area contributed by atoms with E-state index in [0.717, 1.165) is 38.4 Å². The highest BCUT2D eigenvalue weighted by Gasteiger charge is 2.27. The number of nitrogens with zero attached hydrogens (tertiary/aromatic N) is 1. The van der Waals surface area contributed by atoms with Crippen LogP contribution in [-0.4, -0.2) is 64.4 Å². The molecule has 2 N–H and O–H groups in total. The monoisotopic (exact) mass is 414 g/mol. The van der Waals surface area contributed by atoms with Gasteiger partial charge in [-0.05, 0) is 6.92 Å². The molecule has 1 heterocycles. The Labute approximate surface area is 178 Å². The molecule has 162 valence electrons. The Hall–Kier alpha value is -2.93. The van der Waals surface area contributed by atoms with Crippen LogP contribution in [-0.2, 0) is 11.3 Å². The number of carbonyl (C=O) groups is 1. The summed E-state index contributed by atoms with van der Waals surface area (Å²) in [5.41, 5.74) is 2.09. The summed E-state index contributed by atoms with van der Waals surface area (Å²) in [6.07, 6.45) is 0. The third-order valence-electron chi connectivity index (χ3n) is 5.50. The van der Waals surface area contributed by atoms with Crippen LogP contribution < -0.4 is 24.4 Å². The third-order valence-corrected chi connectivity index (χ3v) is 5.50. The van der Waals surface area contributed by atoms with Crippen molar-refractivity contribution in [2.24, 2.45) is 0 Å². The topological polar surface area (TPSA) is 64.5 Å². The molecule has 0 aromatic heterocycles. The van der Waals surface area contributed by atoms with E-state index in [1.165, 1.54) is 10.5 Å². The fourth-order valence-corrected chi connectivity index (χ4v) is 3.85. The molecule has 1 aliphatic rings. The van der Waals surface area contributed by atoms with Gasteiger partial charge < -0.3 is 29.3 Å². The van der Waals surface area contributed by atoms with E-state index in [2.05, 4.69) is 29.6 Å². The van der Waals surface area contributed by atoms with Gasteiger partial charge in [0.05, 0.1) is 47.5 Å². The number of hydrogen-bond acceptors (Lipinski definition) is 5. The molecule has 0 radical (unpaired) electrons. The number of nitrogens with one attached hydrogen (secondary N) is 2. The van der Waals surface area contributed by atoms with Crippen molar-refractivity contribution in [3.05, 3.63) is 48.0 Å². The van der Waals surface area contributed by atoms with E-state index >= 15 is 0 Å². The van der Waals surface area contributed by atoms with Crippen molar-refractivity contribution in [3.63, 3.8) is 0 Å². The fraction of sp³-hybridized carbons (Fsp3) is 0.435. The second-order valence-electron chi connectivity index (χ2n) is 7.52. The van der Waals surface area contributed by atoms with E-state index < -0.39 is 0 Å². The predicted octanol–water partition coefficient (Wildman–Crippen LogP) is 1.44. The summed E-state index contributed by atoms with van der Waals surface area (Å²) >= 11 is 0. The zero-order valence-corrected chi connectivity index (χ0v) is 18.2. The summed E-state index contributed by atoms with van der Waals surface area (Å²) in [4.78, 5) is 16.4. The van der Waals surface area contributed by atoms with Crippen molar-refractivity contribution in [3.8, 4) is 17.2 Å². The first-order valence-corrected chi connectivity index (χ1v) is 10.3. The molecule has 1 fully saturated rings. The number of hydrogen-bond donors (Lipinski definition) is 2. The number of rotatable bonds is 8. The average Bonchev–Trinajstić information content (AvgIpc) is 2.79. The minimum Gasteiger partial charge on any atom is -0.493 e. The van der Waals surface area contributed by atoms with Gasteiger partial charge in [-0.3, -0.25) is 4.79 Å². The van der Waals surface area contributed by atoms with Gasteiger partial charge >= 0.3 is 0 Å². The van der Waals surface area contributed by atoms with E-state index in [1.807, 2.05) is 30.0 Å². The maximum absolute atomic E-state index is 13.0. The van der Waals surface area contributed by atoms with E-state index in [0.29, 0.717) is 17.2 Å². The zero-order chi connectivity index (χ0) is 21.5. The Kier molecular flexibility index (Phi) is 7.41. The smallest absolute Gasteiger partial charge is 0.245 e. The largest absolute Gasteiger partial charge is 0.493 e. The first kappa shape index (κ1) is 21.8.